The Balaban J connectivity index is 2.45. The summed E-state index contributed by atoms with van der Waals surface area (Å²) in [5.74, 6) is -2.93. The monoisotopic (exact) mass is 292 g/mol. The lowest BCUT2D eigenvalue weighted by Crippen LogP contribution is -2.36. The Labute approximate surface area is 130 Å². The number of hydrogen-bond acceptors (Lipinski definition) is 5. The Kier molecular flexibility index (Phi) is 1.71. The molecule has 0 saturated heterocycles. The summed E-state index contributed by atoms with van der Waals surface area (Å²) >= 11 is 0. The number of benzene rings is 1. The highest BCUT2D eigenvalue weighted by Crippen LogP contribution is 2.24. The largest absolute Gasteiger partial charge is 0.398 e. The summed E-state index contributed by atoms with van der Waals surface area (Å²) in [5.41, 5.74) is 4.37. The summed E-state index contributed by atoms with van der Waals surface area (Å²) in [6.45, 7) is -1.92. The average molecular weight is 292 g/mol. The third-order valence-corrected chi connectivity index (χ3v) is 3.17. The van der Waals surface area contributed by atoms with Gasteiger partial charge in [0, 0.05) is 20.3 Å². The molecule has 1 fully saturated rings. The average Bonchev–Trinajstić information content (AvgIpc) is 2.58. The molecule has 0 radical (unpaired) electrons. The lowest BCUT2D eigenvalue weighted by molar-refractivity contribution is -0.132. The molecule has 1 aliphatic rings. The molecule has 1 unspecified atom stereocenters. The number of nitrogens with two attached hydrogens (primary N) is 1. The fourth-order valence-corrected chi connectivity index (χ4v) is 2.21. The number of fused-ring (bicyclic) bond motifs is 1. The lowest BCUT2D eigenvalue weighted by Gasteiger charge is -2.24. The zero-order valence-electron chi connectivity index (χ0n) is 17.7. The first-order chi connectivity index (χ1) is 12.8. The molecular formula is C15H15N3O3. The van der Waals surface area contributed by atoms with Crippen LogP contribution >= 0.6 is 0 Å². The molecule has 6 nitrogen and oxygen atoms in total. The van der Waals surface area contributed by atoms with E-state index in [2.05, 4.69) is 4.98 Å². The van der Waals surface area contributed by atoms with Crippen LogP contribution in [0.5, 0.6) is 0 Å². The molecule has 6 heteroatoms. The molecule has 0 spiro atoms. The number of aromatic nitrogens is 2. The highest BCUT2D eigenvalue weighted by molar-refractivity contribution is 6.03. The summed E-state index contributed by atoms with van der Waals surface area (Å²) < 4.78 is 55.3. The number of rotatable bonds is 1. The molecule has 2 aromatic rings. The van der Waals surface area contributed by atoms with Crippen LogP contribution in [-0.2, 0) is 9.59 Å². The maximum atomic E-state index is 13.1. The molecule has 0 bridgehead atoms. The smallest absolute Gasteiger partial charge is 0.264 e. The van der Waals surface area contributed by atoms with E-state index in [9.17, 15) is 14.4 Å². The second-order valence-corrected chi connectivity index (χ2v) is 4.53. The van der Waals surface area contributed by atoms with Gasteiger partial charge in [-0.05, 0) is 25.4 Å². The predicted molar refractivity (Wildman–Crippen MR) is 78.1 cm³/mol. The van der Waals surface area contributed by atoms with Crippen LogP contribution in [0, 0.1) is 6.88 Å². The van der Waals surface area contributed by atoms with E-state index in [0.29, 0.717) is 4.57 Å². The van der Waals surface area contributed by atoms with E-state index < -0.39 is 55.0 Å². The topological polar surface area (TPSA) is 95.0 Å². The molecule has 108 valence electrons. The summed E-state index contributed by atoms with van der Waals surface area (Å²) in [6.07, 6.45) is -7.18. The Bertz CT molecular complexity index is 1080. The van der Waals surface area contributed by atoms with E-state index >= 15 is 0 Å². The van der Waals surface area contributed by atoms with Gasteiger partial charge in [-0.25, -0.2) is 4.98 Å². The number of aryl methyl sites for hydroxylation is 1. The standard InChI is InChI=1S/C15H15N3O3/c1-8-17-11-4-2-3-10(16)14(11)15(21)18(8)12-6-5-9(19)7-13(12)20/h2-4,12H,5-7,16H2,1H3/i1D2,3D,5D2,6D2. The maximum Gasteiger partial charge on any atom is 0.264 e. The fraction of sp³-hybridized carbons (Fsp3) is 0.333. The van der Waals surface area contributed by atoms with Gasteiger partial charge >= 0.3 is 0 Å². The zero-order chi connectivity index (χ0) is 21.2. The minimum atomic E-state index is -3.14. The fourth-order valence-electron chi connectivity index (χ4n) is 2.21. The van der Waals surface area contributed by atoms with Gasteiger partial charge in [0.05, 0.1) is 24.7 Å². The highest BCUT2D eigenvalue weighted by atomic mass is 16.2. The van der Waals surface area contributed by atoms with Crippen LogP contribution in [0.25, 0.3) is 10.9 Å². The second-order valence-electron chi connectivity index (χ2n) is 4.53. The van der Waals surface area contributed by atoms with E-state index in [4.69, 9.17) is 15.3 Å². The molecular weight excluding hydrogens is 270 g/mol. The Morgan fingerprint density at radius 1 is 1.52 bits per heavy atom. The van der Waals surface area contributed by atoms with Gasteiger partial charge in [-0.2, -0.15) is 0 Å². The van der Waals surface area contributed by atoms with Gasteiger partial charge in [0.25, 0.3) is 5.56 Å². The summed E-state index contributed by atoms with van der Waals surface area (Å²) in [5, 5.41) is -0.307. The number of carbonyl (C=O) groups is 2. The molecule has 21 heavy (non-hydrogen) atoms. The van der Waals surface area contributed by atoms with Gasteiger partial charge < -0.3 is 5.73 Å². The van der Waals surface area contributed by atoms with Gasteiger partial charge in [0.2, 0.25) is 0 Å². The highest BCUT2D eigenvalue weighted by Gasteiger charge is 2.30. The summed E-state index contributed by atoms with van der Waals surface area (Å²) in [7, 11) is 0. The van der Waals surface area contributed by atoms with Crippen molar-refractivity contribution >= 4 is 28.2 Å². The number of nitrogen functional groups attached to an aromatic ring is 1. The first kappa shape index (κ1) is 7.49. The van der Waals surface area contributed by atoms with Crippen molar-refractivity contribution in [2.75, 3.05) is 5.73 Å². The normalized spacial score (nSPS) is 29.0. The van der Waals surface area contributed by atoms with Gasteiger partial charge in [0.1, 0.15) is 11.6 Å². The molecule has 1 heterocycles. The molecule has 0 amide bonds. The van der Waals surface area contributed by atoms with Crippen LogP contribution in [0.1, 0.15) is 40.6 Å². The molecule has 3 rings (SSSR count). The van der Waals surface area contributed by atoms with Crippen molar-refractivity contribution in [2.45, 2.75) is 32.1 Å². The van der Waals surface area contributed by atoms with Crippen LogP contribution in [-0.4, -0.2) is 21.1 Å². The second kappa shape index (κ2) is 4.80. The maximum absolute atomic E-state index is 13.1. The number of anilines is 1. The van der Waals surface area contributed by atoms with Crippen molar-refractivity contribution in [1.82, 2.24) is 9.55 Å². The number of nitrogens with zero attached hydrogens (tertiary/aromatic N) is 2. The molecule has 2 N–H and O–H groups in total. The van der Waals surface area contributed by atoms with Crippen LogP contribution < -0.4 is 11.3 Å². The van der Waals surface area contributed by atoms with Crippen molar-refractivity contribution in [3.05, 3.63) is 34.4 Å². The van der Waals surface area contributed by atoms with Gasteiger partial charge in [-0.1, -0.05) is 6.07 Å². The van der Waals surface area contributed by atoms with Crippen molar-refractivity contribution in [2.24, 2.45) is 0 Å². The van der Waals surface area contributed by atoms with Crippen molar-refractivity contribution in [3.63, 3.8) is 0 Å². The third-order valence-electron chi connectivity index (χ3n) is 3.17. The molecule has 1 aromatic carbocycles. The van der Waals surface area contributed by atoms with Crippen LogP contribution in [0.15, 0.2) is 23.0 Å². The van der Waals surface area contributed by atoms with E-state index in [0.717, 1.165) is 0 Å². The van der Waals surface area contributed by atoms with E-state index in [1.165, 1.54) is 12.1 Å². The molecule has 0 aliphatic heterocycles. The van der Waals surface area contributed by atoms with Crippen molar-refractivity contribution in [3.8, 4) is 0 Å². The summed E-state index contributed by atoms with van der Waals surface area (Å²) in [6, 6.07) is 0.184. The van der Waals surface area contributed by atoms with Crippen LogP contribution in [0.3, 0.4) is 0 Å². The number of ketones is 2. The van der Waals surface area contributed by atoms with Crippen molar-refractivity contribution < 1.29 is 19.2 Å². The molecule has 1 aliphatic carbocycles. The summed E-state index contributed by atoms with van der Waals surface area (Å²) in [4.78, 5) is 41.5. The molecule has 1 aromatic heterocycles. The Hall–Kier alpha value is -2.50. The zero-order valence-corrected chi connectivity index (χ0v) is 10.7. The van der Waals surface area contributed by atoms with E-state index in [1.54, 1.807) is 0 Å². The minimum Gasteiger partial charge on any atom is -0.398 e. The van der Waals surface area contributed by atoms with Gasteiger partial charge in [-0.15, -0.1) is 0 Å². The van der Waals surface area contributed by atoms with Crippen LogP contribution in [0.2, 0.25) is 0 Å². The predicted octanol–water partition coefficient (Wildman–Crippen LogP) is 1.15. The quantitative estimate of drug-likeness (QED) is 0.628. The third kappa shape index (κ3) is 2.12. The Morgan fingerprint density at radius 3 is 3.10 bits per heavy atom. The Morgan fingerprint density at radius 2 is 2.33 bits per heavy atom. The van der Waals surface area contributed by atoms with E-state index in [1.807, 2.05) is 0 Å². The van der Waals surface area contributed by atoms with Crippen LogP contribution in [0.4, 0.5) is 5.69 Å². The number of hydrogen-bond donors (Lipinski definition) is 1. The number of Topliss-reactive ketones (excluding diaryl/α,β-unsaturated/α-hetero) is 2. The first-order valence-corrected chi connectivity index (χ1v) is 6.04. The van der Waals surface area contributed by atoms with Gasteiger partial charge in [-0.3, -0.25) is 19.0 Å². The number of carbonyl (C=O) groups excluding carboxylic acids is 2. The molecule has 1 saturated carbocycles. The first-order valence-electron chi connectivity index (χ1n) is 9.69. The SMILES string of the molecule is [2H]c1ccc2nc(C([2H])[2H])n(C3C(=O)CC(=O)C([2H])([2H])C3([2H])[2H])c(=O)c2c1N. The van der Waals surface area contributed by atoms with Crippen molar-refractivity contribution in [1.29, 1.82) is 0 Å². The van der Waals surface area contributed by atoms with E-state index in [-0.39, 0.29) is 22.6 Å². The minimum absolute atomic E-state index is 0.0443. The molecule has 1 atom stereocenters. The van der Waals surface area contributed by atoms with Gasteiger partial charge in [0.15, 0.2) is 5.78 Å². The lowest BCUT2D eigenvalue weighted by atomic mass is 9.92.